The van der Waals surface area contributed by atoms with Crippen molar-refractivity contribution in [1.82, 2.24) is 15.6 Å². The second-order valence-corrected chi connectivity index (χ2v) is 3.97. The number of hydrogen-bond donors (Lipinski definition) is 2. The minimum atomic E-state index is 0. The smallest absolute Gasteiger partial charge is 0.135 e. The van der Waals surface area contributed by atoms with E-state index >= 15 is 0 Å². The number of pyridine rings is 1. The van der Waals surface area contributed by atoms with Crippen LogP contribution in [0, 0.1) is 0 Å². The van der Waals surface area contributed by atoms with Crippen molar-refractivity contribution >= 4 is 35.6 Å². The van der Waals surface area contributed by atoms with Crippen molar-refractivity contribution < 1.29 is 0 Å². The number of nitrogens with zero attached hydrogens (tertiary/aromatic N) is 1. The quantitative estimate of drug-likeness (QED) is 0.766. The molecule has 1 aliphatic heterocycles. The van der Waals surface area contributed by atoms with E-state index in [-0.39, 0.29) is 18.4 Å². The Labute approximate surface area is 105 Å². The number of aromatic nitrogens is 1. The van der Waals surface area contributed by atoms with Crippen molar-refractivity contribution in [1.29, 1.82) is 0 Å². The average Bonchev–Trinajstić information content (AvgIpc) is 2.19. The molecule has 15 heavy (non-hydrogen) atoms. The largest absolute Gasteiger partial charge is 0.314 e. The average molecular weight is 269 g/mol. The molecule has 1 saturated heterocycles. The van der Waals surface area contributed by atoms with Gasteiger partial charge in [-0.05, 0) is 6.07 Å². The Bertz CT molecular complexity index is 326. The minimum absolute atomic E-state index is 0. The van der Waals surface area contributed by atoms with Crippen LogP contribution in [0.3, 0.4) is 0 Å². The molecule has 1 fully saturated rings. The summed E-state index contributed by atoms with van der Waals surface area (Å²) in [7, 11) is 0. The molecule has 0 bridgehead atoms. The fraction of sp³-hybridized carbons (Fsp3) is 0.444. The first-order valence-electron chi connectivity index (χ1n) is 4.53. The lowest BCUT2D eigenvalue weighted by Gasteiger charge is -2.25. The van der Waals surface area contributed by atoms with Crippen LogP contribution in [0.4, 0.5) is 0 Å². The van der Waals surface area contributed by atoms with Crippen LogP contribution in [0.1, 0.15) is 11.6 Å². The topological polar surface area (TPSA) is 37.0 Å². The Morgan fingerprint density at radius 3 is 2.67 bits per heavy atom. The van der Waals surface area contributed by atoms with Gasteiger partial charge in [0.1, 0.15) is 10.3 Å². The summed E-state index contributed by atoms with van der Waals surface area (Å²) < 4.78 is 0. The van der Waals surface area contributed by atoms with Gasteiger partial charge >= 0.3 is 0 Å². The van der Waals surface area contributed by atoms with E-state index in [9.17, 15) is 0 Å². The summed E-state index contributed by atoms with van der Waals surface area (Å²) in [6.45, 7) is 2.82. The fourth-order valence-electron chi connectivity index (χ4n) is 1.56. The molecule has 0 aromatic carbocycles. The standard InChI is InChI=1S/C9H11Cl2N3.ClH/c10-8-2-1-6(9(11)14-8)7-5-12-3-4-13-7;/h1-2,7,12-13H,3-5H2;1H/t7-;/m1./s1. The van der Waals surface area contributed by atoms with Gasteiger partial charge in [-0.2, -0.15) is 0 Å². The van der Waals surface area contributed by atoms with Gasteiger partial charge in [0.15, 0.2) is 0 Å². The van der Waals surface area contributed by atoms with Gasteiger partial charge in [0.05, 0.1) is 0 Å². The molecule has 0 radical (unpaired) electrons. The van der Waals surface area contributed by atoms with Gasteiger partial charge in [0.25, 0.3) is 0 Å². The Balaban J connectivity index is 0.00000112. The van der Waals surface area contributed by atoms with Crippen LogP contribution in [-0.4, -0.2) is 24.6 Å². The molecule has 0 spiro atoms. The summed E-state index contributed by atoms with van der Waals surface area (Å²) in [6.07, 6.45) is 0. The number of rotatable bonds is 1. The van der Waals surface area contributed by atoms with Crippen LogP contribution < -0.4 is 10.6 Å². The summed E-state index contributed by atoms with van der Waals surface area (Å²) in [4.78, 5) is 4.01. The van der Waals surface area contributed by atoms with Crippen LogP contribution in [-0.2, 0) is 0 Å². The first-order chi connectivity index (χ1) is 6.77. The van der Waals surface area contributed by atoms with E-state index in [0.717, 1.165) is 25.2 Å². The van der Waals surface area contributed by atoms with Crippen molar-refractivity contribution in [3.05, 3.63) is 28.0 Å². The Morgan fingerprint density at radius 2 is 2.07 bits per heavy atom. The number of piperazine rings is 1. The predicted octanol–water partition coefficient (Wildman–Crippen LogP) is 2.04. The van der Waals surface area contributed by atoms with Crippen molar-refractivity contribution in [2.75, 3.05) is 19.6 Å². The molecule has 0 unspecified atom stereocenters. The molecule has 1 aromatic rings. The van der Waals surface area contributed by atoms with Gasteiger partial charge in [0.2, 0.25) is 0 Å². The normalized spacial score (nSPS) is 20.8. The lowest BCUT2D eigenvalue weighted by Crippen LogP contribution is -2.42. The first-order valence-corrected chi connectivity index (χ1v) is 5.29. The number of hydrogen-bond acceptors (Lipinski definition) is 3. The maximum absolute atomic E-state index is 6.00. The molecule has 0 saturated carbocycles. The highest BCUT2D eigenvalue weighted by molar-refractivity contribution is 6.32. The predicted molar refractivity (Wildman–Crippen MR) is 65.1 cm³/mol. The molecule has 0 amide bonds. The maximum atomic E-state index is 6.00. The van der Waals surface area contributed by atoms with Crippen molar-refractivity contribution in [2.45, 2.75) is 6.04 Å². The van der Waals surface area contributed by atoms with E-state index in [0.29, 0.717) is 10.3 Å². The van der Waals surface area contributed by atoms with Crippen LogP contribution in [0.2, 0.25) is 10.3 Å². The molecule has 0 aliphatic carbocycles. The van der Waals surface area contributed by atoms with E-state index in [4.69, 9.17) is 23.2 Å². The third-order valence-electron chi connectivity index (χ3n) is 2.26. The molecular formula is C9H12Cl3N3. The maximum Gasteiger partial charge on any atom is 0.135 e. The minimum Gasteiger partial charge on any atom is -0.314 e. The Kier molecular flexibility index (Phi) is 5.09. The van der Waals surface area contributed by atoms with E-state index in [1.165, 1.54) is 0 Å². The lowest BCUT2D eigenvalue weighted by atomic mass is 10.1. The molecule has 1 atom stereocenters. The Hall–Kier alpha value is -0.0600. The second-order valence-electron chi connectivity index (χ2n) is 3.22. The lowest BCUT2D eigenvalue weighted by molar-refractivity contribution is 0.429. The molecule has 1 aromatic heterocycles. The first kappa shape index (κ1) is 13.0. The number of halogens is 3. The summed E-state index contributed by atoms with van der Waals surface area (Å²) in [5.41, 5.74) is 1.00. The molecule has 1 aliphatic rings. The molecule has 6 heteroatoms. The summed E-state index contributed by atoms with van der Waals surface area (Å²) in [5.74, 6) is 0. The highest BCUT2D eigenvalue weighted by atomic mass is 35.5. The van der Waals surface area contributed by atoms with E-state index < -0.39 is 0 Å². The van der Waals surface area contributed by atoms with Gasteiger partial charge in [-0.1, -0.05) is 29.3 Å². The van der Waals surface area contributed by atoms with E-state index in [1.54, 1.807) is 6.07 Å². The van der Waals surface area contributed by atoms with Gasteiger partial charge in [0, 0.05) is 31.2 Å². The van der Waals surface area contributed by atoms with Gasteiger partial charge in [-0.15, -0.1) is 12.4 Å². The van der Waals surface area contributed by atoms with Gasteiger partial charge in [-0.25, -0.2) is 4.98 Å². The second kappa shape index (κ2) is 5.87. The van der Waals surface area contributed by atoms with Crippen LogP contribution in [0.25, 0.3) is 0 Å². The number of nitrogens with one attached hydrogen (secondary N) is 2. The van der Waals surface area contributed by atoms with Crippen molar-refractivity contribution in [2.24, 2.45) is 0 Å². The SMILES string of the molecule is Cl.Clc1ccc([C@H]2CNCCN2)c(Cl)n1. The molecule has 84 valence electrons. The monoisotopic (exact) mass is 267 g/mol. The zero-order valence-electron chi connectivity index (χ0n) is 7.96. The molecule has 2 heterocycles. The van der Waals surface area contributed by atoms with Crippen LogP contribution in [0.15, 0.2) is 12.1 Å². The van der Waals surface area contributed by atoms with Crippen molar-refractivity contribution in [3.8, 4) is 0 Å². The summed E-state index contributed by atoms with van der Waals surface area (Å²) in [5, 5.41) is 7.58. The molecular weight excluding hydrogens is 256 g/mol. The van der Waals surface area contributed by atoms with Crippen molar-refractivity contribution in [3.63, 3.8) is 0 Å². The van der Waals surface area contributed by atoms with Gasteiger partial charge in [-0.3, -0.25) is 0 Å². The Morgan fingerprint density at radius 1 is 1.27 bits per heavy atom. The zero-order valence-corrected chi connectivity index (χ0v) is 10.3. The third-order valence-corrected chi connectivity index (χ3v) is 2.77. The fourth-order valence-corrected chi connectivity index (χ4v) is 2.03. The molecule has 2 N–H and O–H groups in total. The highest BCUT2D eigenvalue weighted by Crippen LogP contribution is 2.23. The van der Waals surface area contributed by atoms with Gasteiger partial charge < -0.3 is 10.6 Å². The zero-order chi connectivity index (χ0) is 9.97. The van der Waals surface area contributed by atoms with Crippen LogP contribution >= 0.6 is 35.6 Å². The highest BCUT2D eigenvalue weighted by Gasteiger charge is 2.17. The molecule has 2 rings (SSSR count). The van der Waals surface area contributed by atoms with E-state index in [2.05, 4.69) is 15.6 Å². The summed E-state index contributed by atoms with van der Waals surface area (Å²) >= 11 is 11.7. The van der Waals surface area contributed by atoms with E-state index in [1.807, 2.05) is 6.07 Å². The third kappa shape index (κ3) is 3.20. The summed E-state index contributed by atoms with van der Waals surface area (Å²) in [6, 6.07) is 3.92. The molecule has 3 nitrogen and oxygen atoms in total. The van der Waals surface area contributed by atoms with Crippen LogP contribution in [0.5, 0.6) is 0 Å².